The summed E-state index contributed by atoms with van der Waals surface area (Å²) in [6, 6.07) is 0. The Morgan fingerprint density at radius 3 is 1.26 bits per heavy atom. The molecule has 2 nitrogen and oxygen atoms in total. The average Bonchev–Trinajstić information content (AvgIpc) is 2.84. The van der Waals surface area contributed by atoms with Crippen LogP contribution in [-0.4, -0.2) is 12.6 Å². The number of rotatable bonds is 28. The highest BCUT2D eigenvalue weighted by Gasteiger charge is 2.02. The number of allylic oxidation sites excluding steroid dienone is 2. The van der Waals surface area contributed by atoms with Crippen LogP contribution in [0.15, 0.2) is 12.2 Å². The topological polar surface area (TPSA) is 26.3 Å². The number of hydrogen-bond acceptors (Lipinski definition) is 2. The average molecular weight is 479 g/mol. The van der Waals surface area contributed by atoms with Gasteiger partial charge in [-0.15, -0.1) is 0 Å². The Labute approximate surface area is 215 Å². The maximum Gasteiger partial charge on any atom is 0.305 e. The zero-order chi connectivity index (χ0) is 24.8. The number of unbranched alkanes of at least 4 members (excludes halogenated alkanes) is 22. The molecule has 0 bridgehead atoms. The van der Waals surface area contributed by atoms with E-state index >= 15 is 0 Å². The first kappa shape index (κ1) is 33.2. The van der Waals surface area contributed by atoms with Gasteiger partial charge in [-0.05, 0) is 38.5 Å². The monoisotopic (exact) mass is 478 g/mol. The standard InChI is InChI=1S/C32H62O2/c1-3-5-7-9-11-13-15-17-18-19-20-22-24-26-28-30-32(33)34-31-29-27-25-23-21-16-14-12-10-8-6-4-2/h17-18H,3-16,19-31H2,1-2H3. The van der Waals surface area contributed by atoms with Crippen molar-refractivity contribution >= 4 is 5.97 Å². The third kappa shape index (κ3) is 29.2. The highest BCUT2D eigenvalue weighted by atomic mass is 16.5. The number of carbonyl (C=O) groups excluding carboxylic acids is 1. The summed E-state index contributed by atoms with van der Waals surface area (Å²) in [6.07, 6.45) is 38.2. The minimum Gasteiger partial charge on any atom is -0.466 e. The van der Waals surface area contributed by atoms with Gasteiger partial charge in [0.1, 0.15) is 0 Å². The normalized spacial score (nSPS) is 11.5. The fourth-order valence-corrected chi connectivity index (χ4v) is 4.54. The predicted molar refractivity (Wildman–Crippen MR) is 151 cm³/mol. The largest absolute Gasteiger partial charge is 0.466 e. The third-order valence-electron chi connectivity index (χ3n) is 6.90. The van der Waals surface area contributed by atoms with Gasteiger partial charge in [-0.2, -0.15) is 0 Å². The second kappa shape index (κ2) is 30.2. The summed E-state index contributed by atoms with van der Waals surface area (Å²) in [4.78, 5) is 11.8. The number of carbonyl (C=O) groups is 1. The van der Waals surface area contributed by atoms with Crippen molar-refractivity contribution in [3.05, 3.63) is 12.2 Å². The van der Waals surface area contributed by atoms with Crippen LogP contribution in [0.3, 0.4) is 0 Å². The van der Waals surface area contributed by atoms with Crippen molar-refractivity contribution in [2.75, 3.05) is 6.61 Å². The van der Waals surface area contributed by atoms with Crippen molar-refractivity contribution < 1.29 is 9.53 Å². The summed E-state index contributed by atoms with van der Waals surface area (Å²) in [6.45, 7) is 5.18. The van der Waals surface area contributed by atoms with Gasteiger partial charge in [0, 0.05) is 6.42 Å². The van der Waals surface area contributed by atoms with E-state index < -0.39 is 0 Å². The summed E-state index contributed by atoms with van der Waals surface area (Å²) in [7, 11) is 0. The molecule has 0 aliphatic heterocycles. The summed E-state index contributed by atoms with van der Waals surface area (Å²) in [5, 5.41) is 0. The Balaban J connectivity index is 3.19. The van der Waals surface area contributed by atoms with Crippen LogP contribution < -0.4 is 0 Å². The molecule has 34 heavy (non-hydrogen) atoms. The van der Waals surface area contributed by atoms with Gasteiger partial charge in [-0.3, -0.25) is 4.79 Å². The molecule has 0 aromatic heterocycles. The molecule has 2 heteroatoms. The van der Waals surface area contributed by atoms with Crippen molar-refractivity contribution in [3.8, 4) is 0 Å². The Hall–Kier alpha value is -0.790. The minimum absolute atomic E-state index is 0.0145. The SMILES string of the molecule is CCCCCCCCC=CCCCCCCCC(=O)OCCCCCCCCCCCCCC. The van der Waals surface area contributed by atoms with E-state index in [-0.39, 0.29) is 5.97 Å². The van der Waals surface area contributed by atoms with Gasteiger partial charge < -0.3 is 4.74 Å². The highest BCUT2D eigenvalue weighted by molar-refractivity contribution is 5.69. The van der Waals surface area contributed by atoms with E-state index in [1.165, 1.54) is 141 Å². The van der Waals surface area contributed by atoms with Crippen molar-refractivity contribution in [2.24, 2.45) is 0 Å². The van der Waals surface area contributed by atoms with Crippen LogP contribution in [0.25, 0.3) is 0 Å². The molecule has 0 saturated carbocycles. The van der Waals surface area contributed by atoms with Crippen LogP contribution in [0.5, 0.6) is 0 Å². The summed E-state index contributed by atoms with van der Waals surface area (Å²) < 4.78 is 5.40. The van der Waals surface area contributed by atoms with Gasteiger partial charge in [0.05, 0.1) is 6.61 Å². The van der Waals surface area contributed by atoms with Crippen molar-refractivity contribution in [1.82, 2.24) is 0 Å². The van der Waals surface area contributed by atoms with Crippen LogP contribution in [-0.2, 0) is 9.53 Å². The molecule has 0 unspecified atom stereocenters. The fourth-order valence-electron chi connectivity index (χ4n) is 4.54. The number of hydrogen-bond donors (Lipinski definition) is 0. The zero-order valence-electron chi connectivity index (χ0n) is 23.6. The Kier molecular flexibility index (Phi) is 29.5. The van der Waals surface area contributed by atoms with E-state index in [9.17, 15) is 4.79 Å². The Bertz CT molecular complexity index is 415. The summed E-state index contributed by atoms with van der Waals surface area (Å²) in [5.74, 6) is 0.0145. The molecule has 0 fully saturated rings. The molecule has 0 amide bonds. The molecule has 0 saturated heterocycles. The molecular formula is C32H62O2. The van der Waals surface area contributed by atoms with E-state index in [4.69, 9.17) is 4.74 Å². The second-order valence-electron chi connectivity index (χ2n) is 10.4. The molecule has 0 heterocycles. The van der Waals surface area contributed by atoms with Crippen molar-refractivity contribution in [1.29, 1.82) is 0 Å². The van der Waals surface area contributed by atoms with Gasteiger partial charge in [0.15, 0.2) is 0 Å². The first-order valence-corrected chi connectivity index (χ1v) is 15.6. The fraction of sp³-hybridized carbons (Fsp3) is 0.906. The maximum absolute atomic E-state index is 11.8. The molecular weight excluding hydrogens is 416 g/mol. The minimum atomic E-state index is 0.0145. The Morgan fingerprint density at radius 1 is 0.471 bits per heavy atom. The zero-order valence-corrected chi connectivity index (χ0v) is 23.6. The molecule has 0 rings (SSSR count). The smallest absolute Gasteiger partial charge is 0.305 e. The molecule has 0 atom stereocenters. The molecule has 202 valence electrons. The first-order valence-electron chi connectivity index (χ1n) is 15.6. The van der Waals surface area contributed by atoms with Crippen LogP contribution in [0.1, 0.15) is 181 Å². The van der Waals surface area contributed by atoms with E-state index in [0.717, 1.165) is 19.3 Å². The molecule has 0 aliphatic rings. The molecule has 0 aliphatic carbocycles. The lowest BCUT2D eigenvalue weighted by Gasteiger charge is -2.05. The Morgan fingerprint density at radius 2 is 0.824 bits per heavy atom. The van der Waals surface area contributed by atoms with Gasteiger partial charge in [0.25, 0.3) is 0 Å². The van der Waals surface area contributed by atoms with Crippen LogP contribution in [0, 0.1) is 0 Å². The maximum atomic E-state index is 11.8. The molecule has 0 spiro atoms. The predicted octanol–water partition coefficient (Wildman–Crippen LogP) is 11.3. The lowest BCUT2D eigenvalue weighted by Crippen LogP contribution is -2.05. The van der Waals surface area contributed by atoms with Gasteiger partial charge in [0.2, 0.25) is 0 Å². The number of ether oxygens (including phenoxy) is 1. The van der Waals surface area contributed by atoms with Crippen molar-refractivity contribution in [2.45, 2.75) is 181 Å². The molecule has 0 radical (unpaired) electrons. The number of esters is 1. The van der Waals surface area contributed by atoms with E-state index in [2.05, 4.69) is 26.0 Å². The quantitative estimate of drug-likeness (QED) is 0.0634. The van der Waals surface area contributed by atoms with Crippen LogP contribution in [0.2, 0.25) is 0 Å². The van der Waals surface area contributed by atoms with Crippen molar-refractivity contribution in [3.63, 3.8) is 0 Å². The van der Waals surface area contributed by atoms with Gasteiger partial charge in [-0.1, -0.05) is 148 Å². The summed E-state index contributed by atoms with van der Waals surface area (Å²) >= 11 is 0. The molecule has 0 N–H and O–H groups in total. The molecule has 0 aromatic carbocycles. The summed E-state index contributed by atoms with van der Waals surface area (Å²) in [5.41, 5.74) is 0. The molecule has 0 aromatic rings. The van der Waals surface area contributed by atoms with E-state index in [1.54, 1.807) is 0 Å². The third-order valence-corrected chi connectivity index (χ3v) is 6.90. The van der Waals surface area contributed by atoms with E-state index in [1.807, 2.05) is 0 Å². The first-order chi connectivity index (χ1) is 16.8. The van der Waals surface area contributed by atoms with Gasteiger partial charge in [-0.25, -0.2) is 0 Å². The second-order valence-corrected chi connectivity index (χ2v) is 10.4. The highest BCUT2D eigenvalue weighted by Crippen LogP contribution is 2.13. The van der Waals surface area contributed by atoms with Gasteiger partial charge >= 0.3 is 5.97 Å². The van der Waals surface area contributed by atoms with E-state index in [0.29, 0.717) is 13.0 Å². The van der Waals surface area contributed by atoms with Crippen LogP contribution in [0.4, 0.5) is 0 Å². The van der Waals surface area contributed by atoms with Crippen LogP contribution >= 0.6 is 0 Å². The lowest BCUT2D eigenvalue weighted by atomic mass is 10.1. The lowest BCUT2D eigenvalue weighted by molar-refractivity contribution is -0.143.